The van der Waals surface area contributed by atoms with Gasteiger partial charge in [0.25, 0.3) is 0 Å². The quantitative estimate of drug-likeness (QED) is 0.300. The summed E-state index contributed by atoms with van der Waals surface area (Å²) >= 11 is 0. The van der Waals surface area contributed by atoms with Gasteiger partial charge in [-0.1, -0.05) is 36.4 Å². The Balaban J connectivity index is 2.28. The third-order valence-electron chi connectivity index (χ3n) is 3.14. The molecule has 0 atom stereocenters. The molecule has 0 spiro atoms. The van der Waals surface area contributed by atoms with Crippen LogP contribution in [0.1, 0.15) is 11.1 Å². The lowest BCUT2D eigenvalue weighted by molar-refractivity contribution is 0.192. The fraction of sp³-hybridized carbons (Fsp3) is 0.133. The van der Waals surface area contributed by atoms with Crippen LogP contribution in [-0.2, 0) is 4.76 Å². The summed E-state index contributed by atoms with van der Waals surface area (Å²) in [6.07, 6.45) is 0. The molecule has 0 fully saturated rings. The van der Waals surface area contributed by atoms with E-state index < -0.39 is 7.32 Å². The Morgan fingerprint density at radius 3 is 2.23 bits per heavy atom. The molecule has 2 aromatic rings. The summed E-state index contributed by atoms with van der Waals surface area (Å²) < 4.78 is 4.95. The zero-order valence-corrected chi connectivity index (χ0v) is 12.4. The number of hydrogen-bond acceptors (Lipinski definition) is 4. The monoisotopic (exact) mass is 299 g/mol. The molecule has 0 radical (unpaired) electrons. The van der Waals surface area contributed by atoms with Crippen LogP contribution in [0.15, 0.2) is 48.5 Å². The molecule has 4 N–H and O–H groups in total. The Morgan fingerprint density at radius 2 is 1.64 bits per heavy atom. The number of benzene rings is 2. The Morgan fingerprint density at radius 1 is 1.05 bits per heavy atom. The molecule has 0 aliphatic heterocycles. The smallest absolute Gasteiger partial charge is 0.400 e. The first-order chi connectivity index (χ1) is 10.5. The van der Waals surface area contributed by atoms with Crippen LogP contribution in [0.3, 0.4) is 0 Å². The standard InChI is InChI=1S/C15H18BN3O3/c1-11-7-3-5-9-13(11)18-15(17)19(22-16(20)21)14-10-6-4-8-12(14)2/h3-10,20-21H,1-2H3,(H2,17,18). The molecule has 0 amide bonds. The van der Waals surface area contributed by atoms with Crippen molar-refractivity contribution in [1.82, 2.24) is 0 Å². The van der Waals surface area contributed by atoms with Crippen molar-refractivity contribution in [2.24, 2.45) is 0 Å². The van der Waals surface area contributed by atoms with Crippen molar-refractivity contribution in [1.29, 1.82) is 5.41 Å². The zero-order valence-electron chi connectivity index (χ0n) is 12.4. The largest absolute Gasteiger partial charge is 0.657 e. The molecule has 0 unspecified atom stereocenters. The predicted molar refractivity (Wildman–Crippen MR) is 87.5 cm³/mol. The van der Waals surface area contributed by atoms with Gasteiger partial charge >= 0.3 is 7.32 Å². The minimum Gasteiger partial charge on any atom is -0.400 e. The molecule has 22 heavy (non-hydrogen) atoms. The van der Waals surface area contributed by atoms with Gasteiger partial charge in [0.2, 0.25) is 5.96 Å². The third-order valence-corrected chi connectivity index (χ3v) is 3.14. The number of hydroxylamine groups is 1. The van der Waals surface area contributed by atoms with Gasteiger partial charge in [0.1, 0.15) is 0 Å². The SMILES string of the molecule is Cc1ccccc1NC(=N)N(OB(O)O)c1ccccc1C. The molecule has 0 aliphatic rings. The molecule has 0 bridgehead atoms. The maximum Gasteiger partial charge on any atom is 0.657 e. The number of hydrogen-bond donors (Lipinski definition) is 4. The molecule has 2 rings (SSSR count). The molecule has 0 saturated carbocycles. The van der Waals surface area contributed by atoms with Crippen molar-refractivity contribution in [2.75, 3.05) is 10.4 Å². The van der Waals surface area contributed by atoms with Crippen LogP contribution < -0.4 is 10.4 Å². The molecular formula is C15H18BN3O3. The Labute approximate surface area is 129 Å². The van der Waals surface area contributed by atoms with E-state index in [-0.39, 0.29) is 5.96 Å². The number of rotatable bonds is 4. The first-order valence-corrected chi connectivity index (χ1v) is 6.79. The lowest BCUT2D eigenvalue weighted by atomic mass is 10.2. The maximum absolute atomic E-state index is 9.11. The van der Waals surface area contributed by atoms with Crippen molar-refractivity contribution < 1.29 is 14.8 Å². The average molecular weight is 299 g/mol. The summed E-state index contributed by atoms with van der Waals surface area (Å²) in [7, 11) is -2.03. The first kappa shape index (κ1) is 16.0. The van der Waals surface area contributed by atoms with Gasteiger partial charge in [-0.25, -0.2) is 0 Å². The van der Waals surface area contributed by atoms with Crippen LogP contribution in [0.25, 0.3) is 0 Å². The van der Waals surface area contributed by atoms with E-state index in [1.54, 1.807) is 12.1 Å². The van der Waals surface area contributed by atoms with Crippen LogP contribution in [0.4, 0.5) is 11.4 Å². The Kier molecular flexibility index (Phi) is 5.16. The number of para-hydroxylation sites is 2. The fourth-order valence-electron chi connectivity index (χ4n) is 2.01. The highest BCUT2D eigenvalue weighted by Crippen LogP contribution is 2.21. The lowest BCUT2D eigenvalue weighted by Gasteiger charge is -2.26. The Hall–Kier alpha value is -2.35. The number of aryl methyl sites for hydroxylation is 2. The highest BCUT2D eigenvalue weighted by Gasteiger charge is 2.22. The second-order valence-corrected chi connectivity index (χ2v) is 4.80. The molecular weight excluding hydrogens is 281 g/mol. The van der Waals surface area contributed by atoms with Gasteiger partial charge in [-0.05, 0) is 37.1 Å². The van der Waals surface area contributed by atoms with Gasteiger partial charge < -0.3 is 15.4 Å². The van der Waals surface area contributed by atoms with Crippen molar-refractivity contribution >= 4 is 24.7 Å². The lowest BCUT2D eigenvalue weighted by Crippen LogP contribution is -2.41. The normalized spacial score (nSPS) is 10.2. The summed E-state index contributed by atoms with van der Waals surface area (Å²) in [5.41, 5.74) is 3.07. The molecule has 0 aromatic heterocycles. The van der Waals surface area contributed by atoms with Gasteiger partial charge in [-0.15, -0.1) is 0 Å². The van der Waals surface area contributed by atoms with E-state index >= 15 is 0 Å². The minimum atomic E-state index is -2.03. The van der Waals surface area contributed by atoms with E-state index in [1.165, 1.54) is 0 Å². The maximum atomic E-state index is 9.11. The van der Waals surface area contributed by atoms with Gasteiger partial charge in [0, 0.05) is 5.69 Å². The molecule has 0 aliphatic carbocycles. The van der Waals surface area contributed by atoms with Crippen LogP contribution in [0.2, 0.25) is 0 Å². The zero-order chi connectivity index (χ0) is 16.1. The van der Waals surface area contributed by atoms with Crippen LogP contribution in [-0.4, -0.2) is 23.3 Å². The van der Waals surface area contributed by atoms with E-state index in [9.17, 15) is 0 Å². The first-order valence-electron chi connectivity index (χ1n) is 6.79. The molecule has 6 nitrogen and oxygen atoms in total. The third kappa shape index (κ3) is 3.85. The van der Waals surface area contributed by atoms with Crippen molar-refractivity contribution in [3.63, 3.8) is 0 Å². The minimum absolute atomic E-state index is 0.128. The van der Waals surface area contributed by atoms with E-state index in [0.717, 1.165) is 21.9 Å². The molecule has 114 valence electrons. The average Bonchev–Trinajstić information content (AvgIpc) is 2.48. The predicted octanol–water partition coefficient (Wildman–Crippen LogP) is 2.06. The summed E-state index contributed by atoms with van der Waals surface area (Å²) in [4.78, 5) is 0. The van der Waals surface area contributed by atoms with Crippen LogP contribution >= 0.6 is 0 Å². The summed E-state index contributed by atoms with van der Waals surface area (Å²) in [5.74, 6) is -0.128. The molecule has 0 saturated heterocycles. The molecule has 7 heteroatoms. The summed E-state index contributed by atoms with van der Waals surface area (Å²) in [6, 6.07) is 14.7. The second-order valence-electron chi connectivity index (χ2n) is 4.80. The highest BCUT2D eigenvalue weighted by molar-refractivity contribution is 6.33. The van der Waals surface area contributed by atoms with Crippen molar-refractivity contribution in [3.8, 4) is 0 Å². The topological polar surface area (TPSA) is 88.8 Å². The van der Waals surface area contributed by atoms with Gasteiger partial charge in [-0.3, -0.25) is 10.2 Å². The van der Waals surface area contributed by atoms with Gasteiger partial charge in [0.05, 0.1) is 5.69 Å². The number of nitrogens with zero attached hydrogens (tertiary/aromatic N) is 1. The molecule has 0 heterocycles. The number of nitrogens with one attached hydrogen (secondary N) is 2. The van der Waals surface area contributed by atoms with E-state index in [2.05, 4.69) is 5.32 Å². The van der Waals surface area contributed by atoms with Crippen LogP contribution in [0, 0.1) is 19.3 Å². The number of guanidine groups is 1. The number of anilines is 2. The Bertz CT molecular complexity index is 664. The highest BCUT2D eigenvalue weighted by atomic mass is 16.7. The summed E-state index contributed by atoms with van der Waals surface area (Å²) in [5, 5.41) is 30.4. The fourth-order valence-corrected chi connectivity index (χ4v) is 2.01. The van der Waals surface area contributed by atoms with E-state index in [0.29, 0.717) is 5.69 Å². The van der Waals surface area contributed by atoms with Gasteiger partial charge in [-0.2, -0.15) is 5.06 Å². The van der Waals surface area contributed by atoms with Crippen LogP contribution in [0.5, 0.6) is 0 Å². The molecule has 2 aromatic carbocycles. The second kappa shape index (κ2) is 7.08. The van der Waals surface area contributed by atoms with E-state index in [1.807, 2.05) is 50.2 Å². The van der Waals surface area contributed by atoms with Crippen molar-refractivity contribution in [2.45, 2.75) is 13.8 Å². The summed E-state index contributed by atoms with van der Waals surface area (Å²) in [6.45, 7) is 3.76. The van der Waals surface area contributed by atoms with E-state index in [4.69, 9.17) is 20.2 Å². The van der Waals surface area contributed by atoms with Gasteiger partial charge in [0.15, 0.2) is 0 Å². The van der Waals surface area contributed by atoms with Crippen molar-refractivity contribution in [3.05, 3.63) is 59.7 Å².